The number of halogens is 1. The molecule has 0 heterocycles. The number of benzene rings is 1. The van der Waals surface area contributed by atoms with Crippen molar-refractivity contribution in [3.05, 3.63) is 29.8 Å². The van der Waals surface area contributed by atoms with Crippen molar-refractivity contribution in [2.45, 2.75) is 33.4 Å². The molecule has 108 valence electrons. The lowest BCUT2D eigenvalue weighted by Crippen LogP contribution is -2.32. The molecule has 3 N–H and O–H groups in total. The van der Waals surface area contributed by atoms with E-state index in [1.54, 1.807) is 0 Å². The number of hydrogen-bond acceptors (Lipinski definition) is 3. The molecule has 1 unspecified atom stereocenters. The first-order valence-electron chi connectivity index (χ1n) is 6.26. The van der Waals surface area contributed by atoms with Gasteiger partial charge in [0.1, 0.15) is 5.75 Å². The van der Waals surface area contributed by atoms with E-state index in [1.165, 1.54) is 0 Å². The third-order valence-corrected chi connectivity index (χ3v) is 2.56. The van der Waals surface area contributed by atoms with Gasteiger partial charge in [-0.15, -0.1) is 12.4 Å². The fourth-order valence-corrected chi connectivity index (χ4v) is 1.43. The molecular weight excluding hydrogens is 264 g/mol. The predicted molar refractivity (Wildman–Crippen MR) is 79.5 cm³/mol. The van der Waals surface area contributed by atoms with Crippen molar-refractivity contribution >= 4 is 18.3 Å². The molecule has 0 spiro atoms. The molecule has 1 atom stereocenters. The number of nitrogens with one attached hydrogen (secondary N) is 1. The highest BCUT2D eigenvalue weighted by molar-refractivity contribution is 5.85. The molecule has 1 rings (SSSR count). The highest BCUT2D eigenvalue weighted by atomic mass is 35.5. The summed E-state index contributed by atoms with van der Waals surface area (Å²) in [6, 6.07) is 7.72. The second-order valence-electron chi connectivity index (χ2n) is 4.67. The molecule has 0 aromatic heterocycles. The number of rotatable bonds is 6. The standard InChI is InChI=1S/C14H22N2O2.ClH/c1-10(2)18-13-6-4-12(5-7-13)9-16-14(17)11(3)8-15;/h4-7,10-11H,8-9,15H2,1-3H3,(H,16,17);1H. The van der Waals surface area contributed by atoms with Crippen LogP contribution in [0.5, 0.6) is 5.75 Å². The van der Waals surface area contributed by atoms with Crippen LogP contribution in [-0.2, 0) is 11.3 Å². The summed E-state index contributed by atoms with van der Waals surface area (Å²) in [5.41, 5.74) is 6.48. The van der Waals surface area contributed by atoms with Crippen molar-refractivity contribution in [3.8, 4) is 5.75 Å². The molecule has 1 aromatic carbocycles. The van der Waals surface area contributed by atoms with Crippen LogP contribution in [0.25, 0.3) is 0 Å². The molecular formula is C14H23ClN2O2. The minimum absolute atomic E-state index is 0. The number of carbonyl (C=O) groups is 1. The summed E-state index contributed by atoms with van der Waals surface area (Å²) in [6.07, 6.45) is 0.168. The van der Waals surface area contributed by atoms with E-state index in [0.29, 0.717) is 13.1 Å². The van der Waals surface area contributed by atoms with Gasteiger partial charge >= 0.3 is 0 Å². The summed E-state index contributed by atoms with van der Waals surface area (Å²) in [6.45, 7) is 6.68. The fourth-order valence-electron chi connectivity index (χ4n) is 1.43. The van der Waals surface area contributed by atoms with E-state index < -0.39 is 0 Å². The maximum atomic E-state index is 11.5. The average molecular weight is 287 g/mol. The van der Waals surface area contributed by atoms with Crippen LogP contribution in [0.1, 0.15) is 26.3 Å². The molecule has 0 aliphatic rings. The Morgan fingerprint density at radius 1 is 1.26 bits per heavy atom. The van der Waals surface area contributed by atoms with E-state index >= 15 is 0 Å². The van der Waals surface area contributed by atoms with Gasteiger partial charge in [-0.2, -0.15) is 0 Å². The summed E-state index contributed by atoms with van der Waals surface area (Å²) in [5, 5.41) is 2.85. The maximum absolute atomic E-state index is 11.5. The lowest BCUT2D eigenvalue weighted by atomic mass is 10.1. The summed E-state index contributed by atoms with van der Waals surface area (Å²) in [4.78, 5) is 11.5. The van der Waals surface area contributed by atoms with Gasteiger partial charge in [0.2, 0.25) is 5.91 Å². The van der Waals surface area contributed by atoms with Gasteiger partial charge < -0.3 is 15.8 Å². The lowest BCUT2D eigenvalue weighted by molar-refractivity contribution is -0.124. The molecule has 0 fully saturated rings. The van der Waals surface area contributed by atoms with E-state index in [1.807, 2.05) is 45.0 Å². The summed E-state index contributed by atoms with van der Waals surface area (Å²) in [5.74, 6) is 0.684. The van der Waals surface area contributed by atoms with Crippen LogP contribution >= 0.6 is 12.4 Å². The van der Waals surface area contributed by atoms with Crippen molar-refractivity contribution < 1.29 is 9.53 Å². The number of carbonyl (C=O) groups excluding carboxylic acids is 1. The minimum Gasteiger partial charge on any atom is -0.491 e. The molecule has 1 amide bonds. The van der Waals surface area contributed by atoms with Gasteiger partial charge in [-0.25, -0.2) is 0 Å². The van der Waals surface area contributed by atoms with Crippen molar-refractivity contribution in [2.75, 3.05) is 6.54 Å². The van der Waals surface area contributed by atoms with Gasteiger partial charge in [-0.3, -0.25) is 4.79 Å². The smallest absolute Gasteiger partial charge is 0.224 e. The Balaban J connectivity index is 0.00000324. The second kappa shape index (κ2) is 8.77. The number of hydrogen-bond donors (Lipinski definition) is 2. The van der Waals surface area contributed by atoms with Crippen molar-refractivity contribution in [2.24, 2.45) is 11.7 Å². The summed E-state index contributed by atoms with van der Waals surface area (Å²) in [7, 11) is 0. The molecule has 5 heteroatoms. The first-order valence-corrected chi connectivity index (χ1v) is 6.26. The van der Waals surface area contributed by atoms with E-state index in [2.05, 4.69) is 5.32 Å². The molecule has 0 aliphatic heterocycles. The minimum atomic E-state index is -0.145. The van der Waals surface area contributed by atoms with Crippen LogP contribution in [0.4, 0.5) is 0 Å². The predicted octanol–water partition coefficient (Wildman–Crippen LogP) is 2.11. The molecule has 0 aliphatic carbocycles. The van der Waals surface area contributed by atoms with Crippen molar-refractivity contribution in [1.29, 1.82) is 0 Å². The number of ether oxygens (including phenoxy) is 1. The van der Waals surface area contributed by atoms with E-state index in [0.717, 1.165) is 11.3 Å². The zero-order valence-corrected chi connectivity index (χ0v) is 12.5. The zero-order valence-electron chi connectivity index (χ0n) is 11.7. The molecule has 0 saturated heterocycles. The Kier molecular flexibility index (Phi) is 8.19. The third-order valence-electron chi connectivity index (χ3n) is 2.56. The van der Waals surface area contributed by atoms with Gasteiger partial charge in [0, 0.05) is 19.0 Å². The van der Waals surface area contributed by atoms with E-state index in [-0.39, 0.29) is 30.3 Å². The fraction of sp³-hybridized carbons (Fsp3) is 0.500. The third kappa shape index (κ3) is 6.45. The average Bonchev–Trinajstić information content (AvgIpc) is 2.36. The maximum Gasteiger partial charge on any atom is 0.224 e. The molecule has 0 saturated carbocycles. The Morgan fingerprint density at radius 3 is 2.32 bits per heavy atom. The quantitative estimate of drug-likeness (QED) is 0.842. The molecule has 1 aromatic rings. The van der Waals surface area contributed by atoms with Crippen LogP contribution in [0.15, 0.2) is 24.3 Å². The first kappa shape index (κ1) is 17.7. The Hall–Kier alpha value is -1.26. The lowest BCUT2D eigenvalue weighted by Gasteiger charge is -2.12. The van der Waals surface area contributed by atoms with Crippen LogP contribution in [0, 0.1) is 5.92 Å². The van der Waals surface area contributed by atoms with Crippen molar-refractivity contribution in [1.82, 2.24) is 5.32 Å². The molecule has 0 radical (unpaired) electrons. The van der Waals surface area contributed by atoms with Gasteiger partial charge in [-0.1, -0.05) is 19.1 Å². The summed E-state index contributed by atoms with van der Waals surface area (Å²) < 4.78 is 5.55. The number of nitrogens with two attached hydrogens (primary N) is 1. The van der Waals surface area contributed by atoms with Gasteiger partial charge in [0.25, 0.3) is 0 Å². The largest absolute Gasteiger partial charge is 0.491 e. The van der Waals surface area contributed by atoms with Gasteiger partial charge in [0.15, 0.2) is 0 Å². The number of amides is 1. The topological polar surface area (TPSA) is 64.3 Å². The van der Waals surface area contributed by atoms with Crippen LogP contribution in [0.3, 0.4) is 0 Å². The highest BCUT2D eigenvalue weighted by Crippen LogP contribution is 2.13. The highest BCUT2D eigenvalue weighted by Gasteiger charge is 2.09. The second-order valence-corrected chi connectivity index (χ2v) is 4.67. The normalized spacial score (nSPS) is 11.6. The molecule has 0 bridgehead atoms. The van der Waals surface area contributed by atoms with E-state index in [9.17, 15) is 4.79 Å². The van der Waals surface area contributed by atoms with E-state index in [4.69, 9.17) is 10.5 Å². The summed E-state index contributed by atoms with van der Waals surface area (Å²) >= 11 is 0. The molecule has 4 nitrogen and oxygen atoms in total. The van der Waals surface area contributed by atoms with Gasteiger partial charge in [0.05, 0.1) is 6.10 Å². The SMILES string of the molecule is CC(C)Oc1ccc(CNC(=O)C(C)CN)cc1.Cl. The van der Waals surface area contributed by atoms with Crippen LogP contribution in [-0.4, -0.2) is 18.6 Å². The zero-order chi connectivity index (χ0) is 13.5. The van der Waals surface area contributed by atoms with Crippen molar-refractivity contribution in [3.63, 3.8) is 0 Å². The monoisotopic (exact) mass is 286 g/mol. The van der Waals surface area contributed by atoms with Crippen LogP contribution < -0.4 is 15.8 Å². The Labute approximate surface area is 121 Å². The first-order chi connectivity index (χ1) is 8.52. The molecule has 19 heavy (non-hydrogen) atoms. The Morgan fingerprint density at radius 2 is 1.84 bits per heavy atom. The Bertz CT molecular complexity index is 380. The van der Waals surface area contributed by atoms with Crippen LogP contribution in [0.2, 0.25) is 0 Å². The van der Waals surface area contributed by atoms with Gasteiger partial charge in [-0.05, 0) is 31.5 Å².